The van der Waals surface area contributed by atoms with Gasteiger partial charge in [0.2, 0.25) is 0 Å². The van der Waals surface area contributed by atoms with Gasteiger partial charge in [0.05, 0.1) is 13.0 Å². The van der Waals surface area contributed by atoms with Gasteiger partial charge in [-0.05, 0) is 23.8 Å². The van der Waals surface area contributed by atoms with Crippen LogP contribution in [0.15, 0.2) is 22.7 Å². The zero-order valence-corrected chi connectivity index (χ0v) is 11.4. The maximum Gasteiger partial charge on any atom is 0.309 e. The molecule has 1 aromatic rings. The van der Waals surface area contributed by atoms with Crippen molar-refractivity contribution >= 4 is 21.9 Å². The average Bonchev–Trinajstić information content (AvgIpc) is 2.32. The Morgan fingerprint density at radius 1 is 1.59 bits per heavy atom. The highest BCUT2D eigenvalue weighted by molar-refractivity contribution is 9.10. The number of carbonyl (C=O) groups is 1. The summed E-state index contributed by atoms with van der Waals surface area (Å²) in [5, 5.41) is 3.09. The summed E-state index contributed by atoms with van der Waals surface area (Å²) in [4.78, 5) is 11.1. The molecule has 0 aliphatic carbocycles. The van der Waals surface area contributed by atoms with Crippen molar-refractivity contribution in [3.8, 4) is 0 Å². The molecule has 0 spiro atoms. The van der Waals surface area contributed by atoms with E-state index < -0.39 is 0 Å². The van der Waals surface area contributed by atoms with E-state index in [0.29, 0.717) is 13.1 Å². The fourth-order valence-electron chi connectivity index (χ4n) is 1.39. The van der Waals surface area contributed by atoms with E-state index in [4.69, 9.17) is 0 Å². The van der Waals surface area contributed by atoms with Crippen LogP contribution < -0.4 is 5.32 Å². The molecule has 1 unspecified atom stereocenters. The summed E-state index contributed by atoms with van der Waals surface area (Å²) >= 11 is 3.34. The summed E-state index contributed by atoms with van der Waals surface area (Å²) < 4.78 is 18.4. The average molecular weight is 304 g/mol. The Morgan fingerprint density at radius 2 is 2.29 bits per heavy atom. The second-order valence-electron chi connectivity index (χ2n) is 3.79. The van der Waals surface area contributed by atoms with Crippen LogP contribution in [0, 0.1) is 11.7 Å². The topological polar surface area (TPSA) is 38.3 Å². The SMILES string of the molecule is COC(=O)C(C)CNCc1cc(F)ccc1Br. The van der Waals surface area contributed by atoms with Gasteiger partial charge in [-0.1, -0.05) is 22.9 Å². The summed E-state index contributed by atoms with van der Waals surface area (Å²) in [5.74, 6) is -0.742. The molecule has 0 radical (unpaired) electrons. The van der Waals surface area contributed by atoms with Gasteiger partial charge in [-0.2, -0.15) is 0 Å². The molecule has 3 nitrogen and oxygen atoms in total. The van der Waals surface area contributed by atoms with E-state index in [9.17, 15) is 9.18 Å². The first-order valence-electron chi connectivity index (χ1n) is 5.27. The fourth-order valence-corrected chi connectivity index (χ4v) is 1.77. The molecule has 0 bridgehead atoms. The maximum atomic E-state index is 13.0. The van der Waals surface area contributed by atoms with Crippen LogP contribution in [0.1, 0.15) is 12.5 Å². The molecular formula is C12H15BrFNO2. The third kappa shape index (κ3) is 4.44. The van der Waals surface area contributed by atoms with Crippen molar-refractivity contribution in [1.29, 1.82) is 0 Å². The second-order valence-corrected chi connectivity index (χ2v) is 4.65. The van der Waals surface area contributed by atoms with Gasteiger partial charge >= 0.3 is 5.97 Å². The van der Waals surface area contributed by atoms with Gasteiger partial charge in [-0.15, -0.1) is 0 Å². The van der Waals surface area contributed by atoms with Gasteiger partial charge in [0.1, 0.15) is 5.82 Å². The van der Waals surface area contributed by atoms with Crippen LogP contribution in [0.2, 0.25) is 0 Å². The standard InChI is InChI=1S/C12H15BrFNO2/c1-8(12(16)17-2)6-15-7-9-5-10(14)3-4-11(9)13/h3-5,8,15H,6-7H2,1-2H3. The van der Waals surface area contributed by atoms with E-state index in [2.05, 4.69) is 26.0 Å². The van der Waals surface area contributed by atoms with Crippen LogP contribution in [0.25, 0.3) is 0 Å². The Hall–Kier alpha value is -0.940. The number of carbonyl (C=O) groups excluding carboxylic acids is 1. The van der Waals surface area contributed by atoms with E-state index in [1.54, 1.807) is 13.0 Å². The summed E-state index contributed by atoms with van der Waals surface area (Å²) in [6.45, 7) is 2.77. The number of hydrogen-bond acceptors (Lipinski definition) is 3. The van der Waals surface area contributed by atoms with Crippen LogP contribution >= 0.6 is 15.9 Å². The van der Waals surface area contributed by atoms with Crippen molar-refractivity contribution < 1.29 is 13.9 Å². The quantitative estimate of drug-likeness (QED) is 0.849. The molecule has 0 aliphatic rings. The number of benzene rings is 1. The van der Waals surface area contributed by atoms with E-state index in [1.807, 2.05) is 0 Å². The van der Waals surface area contributed by atoms with Crippen LogP contribution in [0.5, 0.6) is 0 Å². The number of methoxy groups -OCH3 is 1. The minimum Gasteiger partial charge on any atom is -0.469 e. The van der Waals surface area contributed by atoms with Crippen molar-refractivity contribution in [2.24, 2.45) is 5.92 Å². The third-order valence-corrected chi connectivity index (χ3v) is 3.15. The van der Waals surface area contributed by atoms with Gasteiger partial charge in [-0.3, -0.25) is 4.79 Å². The largest absolute Gasteiger partial charge is 0.469 e. The molecule has 0 amide bonds. The molecule has 0 fully saturated rings. The highest BCUT2D eigenvalue weighted by atomic mass is 79.9. The van der Waals surface area contributed by atoms with Gasteiger partial charge in [0, 0.05) is 17.6 Å². The number of nitrogens with one attached hydrogen (secondary N) is 1. The van der Waals surface area contributed by atoms with Crippen LogP contribution in [-0.4, -0.2) is 19.6 Å². The molecule has 0 heterocycles. The zero-order chi connectivity index (χ0) is 12.8. The van der Waals surface area contributed by atoms with Crippen LogP contribution in [0.3, 0.4) is 0 Å². The molecule has 94 valence electrons. The third-order valence-electron chi connectivity index (χ3n) is 2.38. The minimum absolute atomic E-state index is 0.215. The molecule has 1 atom stereocenters. The van der Waals surface area contributed by atoms with Crippen molar-refractivity contribution in [2.45, 2.75) is 13.5 Å². The lowest BCUT2D eigenvalue weighted by atomic mass is 10.1. The molecule has 17 heavy (non-hydrogen) atoms. The Balaban J connectivity index is 2.45. The van der Waals surface area contributed by atoms with Gasteiger partial charge in [0.25, 0.3) is 0 Å². The Morgan fingerprint density at radius 3 is 2.94 bits per heavy atom. The van der Waals surface area contributed by atoms with Crippen molar-refractivity contribution in [3.05, 3.63) is 34.1 Å². The van der Waals surface area contributed by atoms with E-state index in [0.717, 1.165) is 10.0 Å². The van der Waals surface area contributed by atoms with Gasteiger partial charge in [-0.25, -0.2) is 4.39 Å². The number of ether oxygens (including phenoxy) is 1. The summed E-state index contributed by atoms with van der Waals surface area (Å²) in [6, 6.07) is 4.51. The first-order valence-corrected chi connectivity index (χ1v) is 6.06. The molecule has 1 rings (SSSR count). The Kier molecular flexibility index (Phi) is 5.58. The molecule has 0 aromatic heterocycles. The van der Waals surface area contributed by atoms with Crippen LogP contribution in [0.4, 0.5) is 4.39 Å². The number of halogens is 2. The molecule has 0 saturated heterocycles. The zero-order valence-electron chi connectivity index (χ0n) is 9.80. The molecule has 1 aromatic carbocycles. The summed E-state index contributed by atoms with van der Waals surface area (Å²) in [7, 11) is 1.36. The fraction of sp³-hybridized carbons (Fsp3) is 0.417. The lowest BCUT2D eigenvalue weighted by molar-refractivity contribution is -0.144. The molecule has 0 saturated carbocycles. The van der Waals surface area contributed by atoms with Crippen LogP contribution in [-0.2, 0) is 16.1 Å². The number of rotatable bonds is 5. The predicted octanol–water partition coefficient (Wildman–Crippen LogP) is 2.49. The maximum absolute atomic E-state index is 13.0. The second kappa shape index (κ2) is 6.71. The number of esters is 1. The lowest BCUT2D eigenvalue weighted by Gasteiger charge is -2.11. The van der Waals surface area contributed by atoms with Crippen molar-refractivity contribution in [1.82, 2.24) is 5.32 Å². The van der Waals surface area contributed by atoms with Gasteiger partial charge in [0.15, 0.2) is 0 Å². The number of hydrogen-bond donors (Lipinski definition) is 1. The smallest absolute Gasteiger partial charge is 0.309 e. The van der Waals surface area contributed by atoms with E-state index in [-0.39, 0.29) is 17.7 Å². The first-order chi connectivity index (χ1) is 8.04. The first kappa shape index (κ1) is 14.1. The molecule has 0 aliphatic heterocycles. The van der Waals surface area contributed by atoms with E-state index >= 15 is 0 Å². The molecule has 5 heteroatoms. The normalized spacial score (nSPS) is 12.2. The summed E-state index contributed by atoms with van der Waals surface area (Å²) in [5.41, 5.74) is 0.821. The summed E-state index contributed by atoms with van der Waals surface area (Å²) in [6.07, 6.45) is 0. The highest BCUT2D eigenvalue weighted by Crippen LogP contribution is 2.17. The predicted molar refractivity (Wildman–Crippen MR) is 67.0 cm³/mol. The molecule has 1 N–H and O–H groups in total. The van der Waals surface area contributed by atoms with Crippen molar-refractivity contribution in [2.75, 3.05) is 13.7 Å². The Bertz CT molecular complexity index is 398. The Labute approximate surface area is 108 Å². The monoisotopic (exact) mass is 303 g/mol. The lowest BCUT2D eigenvalue weighted by Crippen LogP contribution is -2.27. The van der Waals surface area contributed by atoms with E-state index in [1.165, 1.54) is 19.2 Å². The highest BCUT2D eigenvalue weighted by Gasteiger charge is 2.12. The van der Waals surface area contributed by atoms with Crippen molar-refractivity contribution in [3.63, 3.8) is 0 Å². The molecular weight excluding hydrogens is 289 g/mol. The minimum atomic E-state index is -0.272. The van der Waals surface area contributed by atoms with Gasteiger partial charge < -0.3 is 10.1 Å².